The molecule has 0 aromatic heterocycles. The van der Waals surface area contributed by atoms with E-state index in [1.165, 1.54) is 19.3 Å². The maximum absolute atomic E-state index is 12.3. The second kappa shape index (κ2) is 6.14. The van der Waals surface area contributed by atoms with Gasteiger partial charge in [0.05, 0.1) is 11.9 Å². The maximum Gasteiger partial charge on any atom is 0.213 e. The third-order valence-electron chi connectivity index (χ3n) is 5.63. The third kappa shape index (κ3) is 3.14. The summed E-state index contributed by atoms with van der Waals surface area (Å²) in [6.07, 6.45) is 6.94. The summed E-state index contributed by atoms with van der Waals surface area (Å²) in [5.41, 5.74) is 0.108. The monoisotopic (exact) mass is 316 g/mol. The van der Waals surface area contributed by atoms with Crippen LogP contribution in [0.1, 0.15) is 45.4 Å². The fourth-order valence-corrected chi connectivity index (χ4v) is 5.52. The molecule has 0 unspecified atom stereocenters. The highest BCUT2D eigenvalue weighted by atomic mass is 32.2. The van der Waals surface area contributed by atoms with E-state index in [1.807, 2.05) is 6.92 Å². The van der Waals surface area contributed by atoms with Gasteiger partial charge in [-0.3, -0.25) is 0 Å². The first-order chi connectivity index (χ1) is 10.1. The first-order valence-electron chi connectivity index (χ1n) is 8.40. The Balaban J connectivity index is 1.51. The van der Waals surface area contributed by atoms with E-state index in [4.69, 9.17) is 4.74 Å². The Bertz CT molecular complexity index is 456. The molecule has 0 amide bonds. The van der Waals surface area contributed by atoms with Gasteiger partial charge in [-0.05, 0) is 52.1 Å². The van der Waals surface area contributed by atoms with Crippen LogP contribution in [0.25, 0.3) is 0 Å². The molecule has 0 aromatic carbocycles. The summed E-state index contributed by atoms with van der Waals surface area (Å²) < 4.78 is 33.4. The number of hydrogen-bond acceptors (Lipinski definition) is 4. The molecule has 1 heterocycles. The molecule has 21 heavy (non-hydrogen) atoms. The lowest BCUT2D eigenvalue weighted by molar-refractivity contribution is -0.167. The fraction of sp³-hybridized carbons (Fsp3) is 1.00. The SMILES string of the molecule is CCO[C@@H]1C[C@@H](NS(=O)(=O)CCN2CCCC2)C12CCC2. The predicted octanol–water partition coefficient (Wildman–Crippen LogP) is 1.35. The van der Waals surface area contributed by atoms with Crippen molar-refractivity contribution in [2.75, 3.05) is 32.0 Å². The molecule has 1 saturated heterocycles. The largest absolute Gasteiger partial charge is 0.378 e. The zero-order valence-corrected chi connectivity index (χ0v) is 13.8. The standard InChI is InChI=1S/C15H28N2O3S/c1-2-20-14-12-13(15(14)6-5-7-15)16-21(18,19)11-10-17-8-3-4-9-17/h13-14,16H,2-12H2,1H3/t13-,14-/m1/s1. The van der Waals surface area contributed by atoms with E-state index in [0.717, 1.165) is 39.0 Å². The molecule has 3 aliphatic rings. The molecule has 5 nitrogen and oxygen atoms in total. The van der Waals surface area contributed by atoms with Crippen LogP contribution >= 0.6 is 0 Å². The Morgan fingerprint density at radius 1 is 1.24 bits per heavy atom. The van der Waals surface area contributed by atoms with Gasteiger partial charge in [0.15, 0.2) is 0 Å². The van der Waals surface area contributed by atoms with Gasteiger partial charge in [0.25, 0.3) is 0 Å². The number of hydrogen-bond donors (Lipinski definition) is 1. The second-order valence-corrected chi connectivity index (χ2v) is 8.68. The molecule has 122 valence electrons. The molecule has 0 bridgehead atoms. The lowest BCUT2D eigenvalue weighted by Crippen LogP contribution is -2.67. The zero-order valence-electron chi connectivity index (χ0n) is 13.0. The molecular formula is C15H28N2O3S. The summed E-state index contributed by atoms with van der Waals surface area (Å²) >= 11 is 0. The van der Waals surface area contributed by atoms with Crippen molar-refractivity contribution in [3.05, 3.63) is 0 Å². The lowest BCUT2D eigenvalue weighted by atomic mass is 9.51. The topological polar surface area (TPSA) is 58.6 Å². The number of sulfonamides is 1. The molecule has 2 aliphatic carbocycles. The van der Waals surface area contributed by atoms with Gasteiger partial charge in [-0.15, -0.1) is 0 Å². The van der Waals surface area contributed by atoms with Crippen molar-refractivity contribution in [2.45, 2.75) is 57.6 Å². The van der Waals surface area contributed by atoms with E-state index in [0.29, 0.717) is 6.54 Å². The highest BCUT2D eigenvalue weighted by Gasteiger charge is 2.59. The van der Waals surface area contributed by atoms with Crippen molar-refractivity contribution in [1.82, 2.24) is 9.62 Å². The molecule has 2 saturated carbocycles. The Morgan fingerprint density at radius 2 is 1.95 bits per heavy atom. The van der Waals surface area contributed by atoms with Crippen LogP contribution in [0.3, 0.4) is 0 Å². The molecule has 1 spiro atoms. The van der Waals surface area contributed by atoms with Crippen LogP contribution in [0.5, 0.6) is 0 Å². The van der Waals surface area contributed by atoms with Crippen molar-refractivity contribution in [3.8, 4) is 0 Å². The van der Waals surface area contributed by atoms with Crippen molar-refractivity contribution in [2.24, 2.45) is 5.41 Å². The quantitative estimate of drug-likeness (QED) is 0.770. The molecule has 6 heteroatoms. The molecule has 1 N–H and O–H groups in total. The highest BCUT2D eigenvalue weighted by molar-refractivity contribution is 7.89. The number of nitrogens with zero attached hydrogens (tertiary/aromatic N) is 1. The van der Waals surface area contributed by atoms with Gasteiger partial charge in [0, 0.05) is 24.6 Å². The second-order valence-electron chi connectivity index (χ2n) is 6.80. The lowest BCUT2D eigenvalue weighted by Gasteiger charge is -2.60. The minimum atomic E-state index is -3.16. The average Bonchev–Trinajstić information content (AvgIpc) is 2.86. The minimum absolute atomic E-state index is 0.103. The maximum atomic E-state index is 12.3. The van der Waals surface area contributed by atoms with E-state index in [-0.39, 0.29) is 23.3 Å². The summed E-state index contributed by atoms with van der Waals surface area (Å²) in [5, 5.41) is 0. The normalized spacial score (nSPS) is 32.0. The number of likely N-dealkylation sites (tertiary alicyclic amines) is 1. The van der Waals surface area contributed by atoms with Gasteiger partial charge < -0.3 is 9.64 Å². The van der Waals surface area contributed by atoms with Gasteiger partial charge in [0.1, 0.15) is 0 Å². The van der Waals surface area contributed by atoms with Crippen LogP contribution in [-0.2, 0) is 14.8 Å². The number of nitrogens with one attached hydrogen (secondary N) is 1. The van der Waals surface area contributed by atoms with E-state index in [1.54, 1.807) is 0 Å². The van der Waals surface area contributed by atoms with Crippen molar-refractivity contribution >= 4 is 10.0 Å². The van der Waals surface area contributed by atoms with Gasteiger partial charge in [-0.2, -0.15) is 0 Å². The molecular weight excluding hydrogens is 288 g/mol. The van der Waals surface area contributed by atoms with Gasteiger partial charge >= 0.3 is 0 Å². The summed E-state index contributed by atoms with van der Waals surface area (Å²) in [6.45, 7) is 5.51. The van der Waals surface area contributed by atoms with Crippen LogP contribution < -0.4 is 4.72 Å². The van der Waals surface area contributed by atoms with E-state index >= 15 is 0 Å². The summed E-state index contributed by atoms with van der Waals surface area (Å²) in [4.78, 5) is 2.25. The third-order valence-corrected chi connectivity index (χ3v) is 7.00. The first kappa shape index (κ1) is 15.7. The molecule has 2 atom stereocenters. The van der Waals surface area contributed by atoms with E-state index < -0.39 is 10.0 Å². The zero-order chi connectivity index (χ0) is 14.9. The van der Waals surface area contributed by atoms with Gasteiger partial charge in [-0.25, -0.2) is 13.1 Å². The van der Waals surface area contributed by atoms with Crippen LogP contribution in [0.2, 0.25) is 0 Å². The molecule has 0 radical (unpaired) electrons. The van der Waals surface area contributed by atoms with Crippen molar-refractivity contribution < 1.29 is 13.2 Å². The van der Waals surface area contributed by atoms with Crippen LogP contribution in [0.15, 0.2) is 0 Å². The Kier molecular flexibility index (Phi) is 4.60. The molecule has 0 aromatic rings. The number of rotatable bonds is 7. The van der Waals surface area contributed by atoms with Crippen LogP contribution in [-0.4, -0.2) is 57.5 Å². The Hall–Kier alpha value is -0.170. The van der Waals surface area contributed by atoms with Gasteiger partial charge in [0.2, 0.25) is 10.0 Å². The summed E-state index contributed by atoms with van der Waals surface area (Å²) in [6, 6.07) is 0.103. The average molecular weight is 316 g/mol. The summed E-state index contributed by atoms with van der Waals surface area (Å²) in [7, 11) is -3.16. The van der Waals surface area contributed by atoms with E-state index in [2.05, 4.69) is 9.62 Å². The Morgan fingerprint density at radius 3 is 2.52 bits per heavy atom. The van der Waals surface area contributed by atoms with Crippen LogP contribution in [0, 0.1) is 5.41 Å². The fourth-order valence-electron chi connectivity index (χ4n) is 4.13. The summed E-state index contributed by atoms with van der Waals surface area (Å²) in [5.74, 6) is 0.235. The first-order valence-corrected chi connectivity index (χ1v) is 10.0. The van der Waals surface area contributed by atoms with Crippen LogP contribution in [0.4, 0.5) is 0 Å². The highest BCUT2D eigenvalue weighted by Crippen LogP contribution is 2.57. The molecule has 3 rings (SSSR count). The smallest absolute Gasteiger partial charge is 0.213 e. The molecule has 3 fully saturated rings. The molecule has 1 aliphatic heterocycles. The van der Waals surface area contributed by atoms with Crippen molar-refractivity contribution in [1.29, 1.82) is 0 Å². The number of ether oxygens (including phenoxy) is 1. The Labute approximate surface area is 128 Å². The minimum Gasteiger partial charge on any atom is -0.378 e. The van der Waals surface area contributed by atoms with Crippen molar-refractivity contribution in [3.63, 3.8) is 0 Å². The van der Waals surface area contributed by atoms with Gasteiger partial charge in [-0.1, -0.05) is 6.42 Å². The van der Waals surface area contributed by atoms with E-state index in [9.17, 15) is 8.42 Å². The predicted molar refractivity (Wildman–Crippen MR) is 82.7 cm³/mol.